The second kappa shape index (κ2) is 7.11. The number of aromatic nitrogens is 1. The number of hydrogen-bond acceptors (Lipinski definition) is 2. The fourth-order valence-electron chi connectivity index (χ4n) is 2.83. The van der Waals surface area contributed by atoms with Crippen molar-refractivity contribution in [2.75, 3.05) is 6.61 Å². The largest absolute Gasteiger partial charge is 0.396 e. The quantitative estimate of drug-likeness (QED) is 0.655. The number of rotatable bonds is 6. The summed E-state index contributed by atoms with van der Waals surface area (Å²) in [6.07, 6.45) is 2.70. The first-order valence-electron chi connectivity index (χ1n) is 7.78. The van der Waals surface area contributed by atoms with E-state index >= 15 is 0 Å². The van der Waals surface area contributed by atoms with Gasteiger partial charge in [0.15, 0.2) is 0 Å². The Kier molecular flexibility index (Phi) is 4.74. The lowest BCUT2D eigenvalue weighted by Crippen LogP contribution is -2.30. The van der Waals surface area contributed by atoms with Crippen molar-refractivity contribution >= 4 is 16.8 Å². The number of para-hydroxylation sites is 1. The lowest BCUT2D eigenvalue weighted by atomic mass is 10.0. The maximum Gasteiger partial charge on any atom is 0.224 e. The number of nitrogens with one attached hydrogen (secondary N) is 2. The molecule has 23 heavy (non-hydrogen) atoms. The molecule has 1 unspecified atom stereocenters. The summed E-state index contributed by atoms with van der Waals surface area (Å²) in [6.45, 7) is 0.0346. The number of fused-ring (bicyclic) bond motifs is 1. The zero-order valence-electron chi connectivity index (χ0n) is 12.8. The van der Waals surface area contributed by atoms with E-state index in [2.05, 4.69) is 10.3 Å². The van der Waals surface area contributed by atoms with Gasteiger partial charge in [-0.15, -0.1) is 0 Å². The molecule has 0 aliphatic rings. The molecule has 0 spiro atoms. The molecule has 3 rings (SSSR count). The van der Waals surface area contributed by atoms with Crippen molar-refractivity contribution < 1.29 is 9.90 Å². The zero-order chi connectivity index (χ0) is 16.1. The summed E-state index contributed by atoms with van der Waals surface area (Å²) in [5, 5.41) is 13.3. The first-order valence-corrected chi connectivity index (χ1v) is 7.78. The molecule has 1 atom stereocenters. The van der Waals surface area contributed by atoms with E-state index in [1.165, 1.54) is 0 Å². The van der Waals surface area contributed by atoms with Crippen LogP contribution in [-0.2, 0) is 11.2 Å². The van der Waals surface area contributed by atoms with Crippen LogP contribution < -0.4 is 5.32 Å². The Morgan fingerprint density at radius 1 is 1.09 bits per heavy atom. The topological polar surface area (TPSA) is 65.1 Å². The number of carbonyl (C=O) groups excluding carboxylic acids is 1. The Balaban J connectivity index is 1.72. The van der Waals surface area contributed by atoms with Gasteiger partial charge >= 0.3 is 0 Å². The molecule has 1 amide bonds. The molecule has 4 heteroatoms. The van der Waals surface area contributed by atoms with Gasteiger partial charge in [0.25, 0.3) is 0 Å². The van der Waals surface area contributed by atoms with Crippen molar-refractivity contribution in [1.29, 1.82) is 0 Å². The number of amides is 1. The van der Waals surface area contributed by atoms with E-state index in [0.29, 0.717) is 12.8 Å². The van der Waals surface area contributed by atoms with Crippen LogP contribution in [0.25, 0.3) is 10.9 Å². The van der Waals surface area contributed by atoms with Crippen molar-refractivity contribution in [3.63, 3.8) is 0 Å². The molecular weight excluding hydrogens is 288 g/mol. The number of benzene rings is 2. The van der Waals surface area contributed by atoms with Crippen LogP contribution in [-0.4, -0.2) is 22.6 Å². The number of carbonyl (C=O) groups is 1. The fourth-order valence-corrected chi connectivity index (χ4v) is 2.83. The van der Waals surface area contributed by atoms with E-state index in [1.807, 2.05) is 60.8 Å². The highest BCUT2D eigenvalue weighted by atomic mass is 16.3. The highest BCUT2D eigenvalue weighted by Gasteiger charge is 2.15. The van der Waals surface area contributed by atoms with Gasteiger partial charge in [0, 0.05) is 23.7 Å². The standard InChI is InChI=1S/C19H20N2O2/c22-11-10-17(14-6-2-1-3-7-14)21-19(23)12-15-13-20-18-9-5-4-8-16(15)18/h1-9,13,17,20,22H,10-12H2,(H,21,23). The number of aromatic amines is 1. The second-order valence-electron chi connectivity index (χ2n) is 5.58. The smallest absolute Gasteiger partial charge is 0.224 e. The molecule has 118 valence electrons. The van der Waals surface area contributed by atoms with Gasteiger partial charge in [0.1, 0.15) is 0 Å². The van der Waals surface area contributed by atoms with E-state index < -0.39 is 0 Å². The van der Waals surface area contributed by atoms with Crippen LogP contribution in [0.5, 0.6) is 0 Å². The summed E-state index contributed by atoms with van der Waals surface area (Å²) in [7, 11) is 0. The monoisotopic (exact) mass is 308 g/mol. The minimum atomic E-state index is -0.168. The summed E-state index contributed by atoms with van der Waals surface area (Å²) in [4.78, 5) is 15.6. The summed E-state index contributed by atoms with van der Waals surface area (Å²) in [5.74, 6) is -0.0444. The van der Waals surface area contributed by atoms with Gasteiger partial charge < -0.3 is 15.4 Å². The lowest BCUT2D eigenvalue weighted by Gasteiger charge is -2.18. The normalized spacial score (nSPS) is 12.2. The predicted molar refractivity (Wildman–Crippen MR) is 91.0 cm³/mol. The molecule has 2 aromatic carbocycles. The molecule has 1 heterocycles. The van der Waals surface area contributed by atoms with E-state index in [9.17, 15) is 9.90 Å². The molecule has 4 nitrogen and oxygen atoms in total. The van der Waals surface area contributed by atoms with Crippen molar-refractivity contribution in [3.8, 4) is 0 Å². The molecule has 0 aliphatic heterocycles. The van der Waals surface area contributed by atoms with E-state index in [-0.39, 0.29) is 18.6 Å². The maximum atomic E-state index is 12.4. The average Bonchev–Trinajstić information content (AvgIpc) is 2.98. The third kappa shape index (κ3) is 3.60. The summed E-state index contributed by atoms with van der Waals surface area (Å²) in [5.41, 5.74) is 3.02. The molecular formula is C19H20N2O2. The molecule has 3 N–H and O–H groups in total. The fraction of sp³-hybridized carbons (Fsp3) is 0.211. The number of aliphatic hydroxyl groups excluding tert-OH is 1. The third-order valence-corrected chi connectivity index (χ3v) is 3.98. The number of hydrogen-bond donors (Lipinski definition) is 3. The van der Waals surface area contributed by atoms with Crippen LogP contribution in [0.3, 0.4) is 0 Å². The van der Waals surface area contributed by atoms with Crippen LogP contribution in [0.2, 0.25) is 0 Å². The Hall–Kier alpha value is -2.59. The molecule has 0 saturated carbocycles. The van der Waals surface area contributed by atoms with Crippen LogP contribution in [0, 0.1) is 0 Å². The highest BCUT2D eigenvalue weighted by molar-refractivity contribution is 5.88. The van der Waals surface area contributed by atoms with Crippen molar-refractivity contribution in [3.05, 3.63) is 71.9 Å². The van der Waals surface area contributed by atoms with Crippen LogP contribution >= 0.6 is 0 Å². The van der Waals surface area contributed by atoms with Gasteiger partial charge in [0.05, 0.1) is 12.5 Å². The van der Waals surface area contributed by atoms with Crippen molar-refractivity contribution in [1.82, 2.24) is 10.3 Å². The van der Waals surface area contributed by atoms with E-state index in [1.54, 1.807) is 0 Å². The predicted octanol–water partition coefficient (Wildman–Crippen LogP) is 2.95. The van der Waals surface area contributed by atoms with Crippen LogP contribution in [0.1, 0.15) is 23.6 Å². The van der Waals surface area contributed by atoms with Crippen molar-refractivity contribution in [2.24, 2.45) is 0 Å². The second-order valence-corrected chi connectivity index (χ2v) is 5.58. The highest BCUT2D eigenvalue weighted by Crippen LogP contribution is 2.20. The number of H-pyrrole nitrogens is 1. The maximum absolute atomic E-state index is 12.4. The van der Waals surface area contributed by atoms with E-state index in [4.69, 9.17) is 0 Å². The molecule has 0 fully saturated rings. The average molecular weight is 308 g/mol. The first-order chi connectivity index (χ1) is 11.3. The number of aliphatic hydroxyl groups is 1. The molecule has 0 bridgehead atoms. The Morgan fingerprint density at radius 2 is 1.83 bits per heavy atom. The van der Waals surface area contributed by atoms with Gasteiger partial charge in [-0.1, -0.05) is 48.5 Å². The molecule has 0 radical (unpaired) electrons. The van der Waals surface area contributed by atoms with Crippen molar-refractivity contribution in [2.45, 2.75) is 18.9 Å². The molecule has 0 saturated heterocycles. The van der Waals surface area contributed by atoms with Gasteiger partial charge in [-0.05, 0) is 23.6 Å². The molecule has 3 aromatic rings. The molecule has 1 aromatic heterocycles. The lowest BCUT2D eigenvalue weighted by molar-refractivity contribution is -0.121. The van der Waals surface area contributed by atoms with Gasteiger partial charge in [0.2, 0.25) is 5.91 Å². The zero-order valence-corrected chi connectivity index (χ0v) is 12.8. The SMILES string of the molecule is O=C(Cc1c[nH]c2ccccc12)NC(CCO)c1ccccc1. The van der Waals surface area contributed by atoms with E-state index in [0.717, 1.165) is 22.0 Å². The van der Waals surface area contributed by atoms with Gasteiger partial charge in [-0.2, -0.15) is 0 Å². The summed E-state index contributed by atoms with van der Waals surface area (Å²) >= 11 is 0. The Morgan fingerprint density at radius 3 is 2.61 bits per heavy atom. The first kappa shape index (κ1) is 15.3. The minimum Gasteiger partial charge on any atom is -0.396 e. The summed E-state index contributed by atoms with van der Waals surface area (Å²) in [6, 6.07) is 17.5. The minimum absolute atomic E-state index is 0.0346. The summed E-state index contributed by atoms with van der Waals surface area (Å²) < 4.78 is 0. The Bertz CT molecular complexity index is 780. The van der Waals surface area contributed by atoms with Gasteiger partial charge in [-0.25, -0.2) is 0 Å². The Labute approximate surface area is 135 Å². The van der Waals surface area contributed by atoms with Gasteiger partial charge in [-0.3, -0.25) is 4.79 Å². The van der Waals surface area contributed by atoms with Crippen LogP contribution in [0.4, 0.5) is 0 Å². The van der Waals surface area contributed by atoms with Crippen LogP contribution in [0.15, 0.2) is 60.8 Å². The molecule has 0 aliphatic carbocycles. The third-order valence-electron chi connectivity index (χ3n) is 3.98.